The minimum atomic E-state index is 0.990. The molecule has 2 N–H and O–H groups in total. The number of dihydropyridines is 1. The average molecular weight is 176 g/mol. The summed E-state index contributed by atoms with van der Waals surface area (Å²) in [7, 11) is 2.00. The third kappa shape index (κ3) is 1.68. The molecule has 0 aromatic heterocycles. The quantitative estimate of drug-likeness (QED) is 0.663. The molecule has 0 unspecified atom stereocenters. The van der Waals surface area contributed by atoms with Crippen molar-refractivity contribution in [2.45, 2.75) is 12.8 Å². The molecular weight excluding hydrogens is 160 g/mol. The molecule has 0 aromatic rings. The summed E-state index contributed by atoms with van der Waals surface area (Å²) in [6.07, 6.45) is 9.07. The SMILES string of the molecule is CNCC1=C2C=CCCC2=CNC1. The number of nitrogens with one attached hydrogen (secondary N) is 2. The van der Waals surface area contributed by atoms with Crippen LogP contribution in [0.15, 0.2) is 35.1 Å². The second kappa shape index (κ2) is 3.79. The van der Waals surface area contributed by atoms with E-state index in [4.69, 9.17) is 0 Å². The van der Waals surface area contributed by atoms with Crippen LogP contribution in [0, 0.1) is 0 Å². The summed E-state index contributed by atoms with van der Waals surface area (Å²) >= 11 is 0. The zero-order valence-electron chi connectivity index (χ0n) is 8.06. The predicted octanol–water partition coefficient (Wildman–Crippen LogP) is 1.34. The molecule has 1 aliphatic carbocycles. The number of hydrogen-bond donors (Lipinski definition) is 2. The maximum Gasteiger partial charge on any atom is 0.0376 e. The largest absolute Gasteiger partial charge is 0.387 e. The molecule has 2 aliphatic rings. The Bertz CT molecular complexity index is 284. The van der Waals surface area contributed by atoms with Gasteiger partial charge in [-0.1, -0.05) is 12.2 Å². The van der Waals surface area contributed by atoms with Gasteiger partial charge in [-0.05, 0) is 36.6 Å². The summed E-state index contributed by atoms with van der Waals surface area (Å²) in [6.45, 7) is 1.98. The van der Waals surface area contributed by atoms with Crippen LogP contribution < -0.4 is 10.6 Å². The molecule has 0 amide bonds. The van der Waals surface area contributed by atoms with E-state index in [2.05, 4.69) is 29.0 Å². The number of fused-ring (bicyclic) bond motifs is 1. The fourth-order valence-corrected chi connectivity index (χ4v) is 1.94. The van der Waals surface area contributed by atoms with E-state index in [0.717, 1.165) is 13.1 Å². The molecule has 0 radical (unpaired) electrons. The van der Waals surface area contributed by atoms with E-state index in [1.807, 2.05) is 7.05 Å². The Morgan fingerprint density at radius 2 is 2.46 bits per heavy atom. The van der Waals surface area contributed by atoms with Crippen LogP contribution in [0.2, 0.25) is 0 Å². The van der Waals surface area contributed by atoms with Crippen molar-refractivity contribution >= 4 is 0 Å². The summed E-state index contributed by atoms with van der Waals surface area (Å²) < 4.78 is 0. The first kappa shape index (κ1) is 8.57. The lowest BCUT2D eigenvalue weighted by atomic mass is 9.90. The van der Waals surface area contributed by atoms with Crippen molar-refractivity contribution in [2.24, 2.45) is 0 Å². The third-order valence-corrected chi connectivity index (χ3v) is 2.57. The van der Waals surface area contributed by atoms with Gasteiger partial charge in [-0.25, -0.2) is 0 Å². The maximum absolute atomic E-state index is 3.33. The normalized spacial score (nSPS) is 20.8. The molecule has 0 bridgehead atoms. The van der Waals surface area contributed by atoms with Gasteiger partial charge in [-0.2, -0.15) is 0 Å². The summed E-state index contributed by atoms with van der Waals surface area (Å²) in [5.74, 6) is 0. The molecule has 13 heavy (non-hydrogen) atoms. The monoisotopic (exact) mass is 176 g/mol. The molecule has 2 rings (SSSR count). The molecule has 70 valence electrons. The maximum atomic E-state index is 3.33. The smallest absolute Gasteiger partial charge is 0.0376 e. The van der Waals surface area contributed by atoms with Crippen molar-refractivity contribution in [2.75, 3.05) is 20.1 Å². The molecule has 0 atom stereocenters. The number of likely N-dealkylation sites (N-methyl/N-ethyl adjacent to an activating group) is 1. The molecular formula is C11H16N2. The lowest BCUT2D eigenvalue weighted by Crippen LogP contribution is -2.25. The minimum Gasteiger partial charge on any atom is -0.387 e. The van der Waals surface area contributed by atoms with E-state index >= 15 is 0 Å². The van der Waals surface area contributed by atoms with Crippen LogP contribution in [-0.4, -0.2) is 20.1 Å². The van der Waals surface area contributed by atoms with E-state index in [1.165, 1.54) is 29.6 Å². The molecule has 2 nitrogen and oxygen atoms in total. The second-order valence-electron chi connectivity index (χ2n) is 3.54. The third-order valence-electron chi connectivity index (χ3n) is 2.57. The average Bonchev–Trinajstić information content (AvgIpc) is 2.19. The van der Waals surface area contributed by atoms with Crippen molar-refractivity contribution < 1.29 is 0 Å². The van der Waals surface area contributed by atoms with Gasteiger partial charge in [-0.15, -0.1) is 0 Å². The zero-order valence-corrected chi connectivity index (χ0v) is 8.06. The van der Waals surface area contributed by atoms with E-state index in [1.54, 1.807) is 0 Å². The van der Waals surface area contributed by atoms with Gasteiger partial charge >= 0.3 is 0 Å². The Morgan fingerprint density at radius 1 is 1.54 bits per heavy atom. The fourth-order valence-electron chi connectivity index (χ4n) is 1.94. The van der Waals surface area contributed by atoms with Crippen LogP contribution in [0.4, 0.5) is 0 Å². The summed E-state index contributed by atoms with van der Waals surface area (Å²) in [5.41, 5.74) is 4.41. The second-order valence-corrected chi connectivity index (χ2v) is 3.54. The van der Waals surface area contributed by atoms with Crippen LogP contribution in [-0.2, 0) is 0 Å². The molecule has 1 heterocycles. The number of allylic oxidation sites excluding steroid dienone is 4. The number of rotatable bonds is 2. The number of hydrogen-bond acceptors (Lipinski definition) is 2. The van der Waals surface area contributed by atoms with E-state index in [9.17, 15) is 0 Å². The van der Waals surface area contributed by atoms with Crippen molar-refractivity contribution in [1.29, 1.82) is 0 Å². The van der Waals surface area contributed by atoms with Gasteiger partial charge in [0.15, 0.2) is 0 Å². The topological polar surface area (TPSA) is 24.1 Å². The Morgan fingerprint density at radius 3 is 3.31 bits per heavy atom. The Hall–Kier alpha value is -1.02. The van der Waals surface area contributed by atoms with Crippen LogP contribution in [0.3, 0.4) is 0 Å². The van der Waals surface area contributed by atoms with Crippen molar-refractivity contribution in [3.05, 3.63) is 35.1 Å². The van der Waals surface area contributed by atoms with Gasteiger partial charge in [0.25, 0.3) is 0 Å². The molecule has 1 aliphatic heterocycles. The molecule has 0 saturated carbocycles. The standard InChI is InChI=1S/C11H16N2/c1-12-6-10-8-13-7-9-4-2-3-5-11(9)10/h3,5,7,12-13H,2,4,6,8H2,1H3. The fraction of sp³-hybridized carbons (Fsp3) is 0.455. The van der Waals surface area contributed by atoms with Crippen molar-refractivity contribution in [3.8, 4) is 0 Å². The van der Waals surface area contributed by atoms with Gasteiger partial charge in [0.1, 0.15) is 0 Å². The lowest BCUT2D eigenvalue weighted by Gasteiger charge is -2.23. The highest BCUT2D eigenvalue weighted by Gasteiger charge is 2.14. The molecule has 0 spiro atoms. The zero-order chi connectivity index (χ0) is 9.10. The first-order valence-corrected chi connectivity index (χ1v) is 4.88. The summed E-state index contributed by atoms with van der Waals surface area (Å²) in [6, 6.07) is 0. The Labute approximate surface area is 79.4 Å². The highest BCUT2D eigenvalue weighted by molar-refractivity contribution is 5.48. The lowest BCUT2D eigenvalue weighted by molar-refractivity contribution is 0.777. The first-order chi connectivity index (χ1) is 6.42. The van der Waals surface area contributed by atoms with E-state index in [-0.39, 0.29) is 0 Å². The molecule has 0 aromatic carbocycles. The van der Waals surface area contributed by atoms with Gasteiger partial charge in [-0.3, -0.25) is 0 Å². The van der Waals surface area contributed by atoms with Gasteiger partial charge < -0.3 is 10.6 Å². The van der Waals surface area contributed by atoms with Crippen molar-refractivity contribution in [3.63, 3.8) is 0 Å². The van der Waals surface area contributed by atoms with E-state index in [0.29, 0.717) is 0 Å². The van der Waals surface area contributed by atoms with Gasteiger partial charge in [0, 0.05) is 19.3 Å². The first-order valence-electron chi connectivity index (χ1n) is 4.88. The minimum absolute atomic E-state index is 0.990. The van der Waals surface area contributed by atoms with Gasteiger partial charge in [0.05, 0.1) is 0 Å². The van der Waals surface area contributed by atoms with Crippen LogP contribution in [0.25, 0.3) is 0 Å². The Balaban J connectivity index is 2.29. The van der Waals surface area contributed by atoms with E-state index < -0.39 is 0 Å². The van der Waals surface area contributed by atoms with Crippen LogP contribution in [0.1, 0.15) is 12.8 Å². The van der Waals surface area contributed by atoms with Crippen LogP contribution >= 0.6 is 0 Å². The molecule has 0 saturated heterocycles. The highest BCUT2D eigenvalue weighted by Crippen LogP contribution is 2.27. The highest BCUT2D eigenvalue weighted by atomic mass is 14.9. The van der Waals surface area contributed by atoms with Gasteiger partial charge in [0.2, 0.25) is 0 Å². The van der Waals surface area contributed by atoms with Crippen LogP contribution in [0.5, 0.6) is 0 Å². The molecule has 0 fully saturated rings. The predicted molar refractivity (Wildman–Crippen MR) is 55.4 cm³/mol. The van der Waals surface area contributed by atoms with Crippen molar-refractivity contribution in [1.82, 2.24) is 10.6 Å². The summed E-state index contributed by atoms with van der Waals surface area (Å²) in [4.78, 5) is 0. The molecule has 2 heteroatoms. The Kier molecular flexibility index (Phi) is 2.50. The summed E-state index contributed by atoms with van der Waals surface area (Å²) in [5, 5.41) is 6.54.